The topological polar surface area (TPSA) is 48.0 Å². The fraction of sp³-hybridized carbons (Fsp3) is 0.278. The highest BCUT2D eigenvalue weighted by atomic mass is 16.6. The first kappa shape index (κ1) is 15.2. The second kappa shape index (κ2) is 7.05. The number of carbonyl (C=O) groups is 1. The van der Waals surface area contributed by atoms with Crippen molar-refractivity contribution >= 4 is 5.91 Å². The minimum Gasteiger partial charge on any atom is -0.486 e. The number of rotatable bonds is 5. The molecule has 0 saturated carbocycles. The first-order valence-corrected chi connectivity index (χ1v) is 7.52. The Morgan fingerprint density at radius 3 is 2.61 bits per heavy atom. The van der Waals surface area contributed by atoms with E-state index in [1.54, 1.807) is 11.9 Å². The van der Waals surface area contributed by atoms with Gasteiger partial charge >= 0.3 is 0 Å². The van der Waals surface area contributed by atoms with E-state index in [2.05, 4.69) is 0 Å². The zero-order valence-electron chi connectivity index (χ0n) is 13.0. The van der Waals surface area contributed by atoms with Crippen molar-refractivity contribution in [2.45, 2.75) is 6.10 Å². The third-order valence-corrected chi connectivity index (χ3v) is 3.58. The quantitative estimate of drug-likeness (QED) is 0.850. The number of nitrogens with zero attached hydrogens (tertiary/aromatic N) is 1. The molecule has 1 heterocycles. The molecule has 0 radical (unpaired) electrons. The Morgan fingerprint density at radius 1 is 1.13 bits per heavy atom. The highest BCUT2D eigenvalue weighted by Crippen LogP contribution is 2.30. The van der Waals surface area contributed by atoms with Gasteiger partial charge in [0.05, 0.1) is 6.54 Å². The minimum absolute atomic E-state index is 0.00464. The molecule has 5 nitrogen and oxygen atoms in total. The summed E-state index contributed by atoms with van der Waals surface area (Å²) in [5.41, 5.74) is 0. The van der Waals surface area contributed by atoms with Gasteiger partial charge in [-0.1, -0.05) is 30.3 Å². The van der Waals surface area contributed by atoms with Crippen LogP contribution < -0.4 is 14.2 Å². The predicted octanol–water partition coefficient (Wildman–Crippen LogP) is 2.36. The number of amides is 1. The van der Waals surface area contributed by atoms with Gasteiger partial charge in [-0.15, -0.1) is 0 Å². The van der Waals surface area contributed by atoms with Gasteiger partial charge in [0.25, 0.3) is 5.91 Å². The monoisotopic (exact) mass is 313 g/mol. The molecule has 0 N–H and O–H groups in total. The second-order valence-corrected chi connectivity index (χ2v) is 5.37. The minimum atomic E-state index is -0.185. The highest BCUT2D eigenvalue weighted by Gasteiger charge is 2.23. The zero-order valence-corrected chi connectivity index (χ0v) is 13.0. The molecule has 1 aliphatic rings. The van der Waals surface area contributed by atoms with Gasteiger partial charge in [0.2, 0.25) is 0 Å². The van der Waals surface area contributed by atoms with Crippen LogP contribution in [0.15, 0.2) is 54.6 Å². The van der Waals surface area contributed by atoms with E-state index in [-0.39, 0.29) is 18.6 Å². The van der Waals surface area contributed by atoms with E-state index in [0.29, 0.717) is 24.7 Å². The predicted molar refractivity (Wildman–Crippen MR) is 85.9 cm³/mol. The lowest BCUT2D eigenvalue weighted by atomic mass is 10.2. The van der Waals surface area contributed by atoms with E-state index >= 15 is 0 Å². The van der Waals surface area contributed by atoms with Crippen molar-refractivity contribution in [2.75, 3.05) is 26.8 Å². The number of benzene rings is 2. The van der Waals surface area contributed by atoms with Crippen molar-refractivity contribution in [3.63, 3.8) is 0 Å². The molecule has 1 amide bonds. The molecule has 0 bridgehead atoms. The van der Waals surface area contributed by atoms with E-state index in [1.165, 1.54) is 0 Å². The Balaban J connectivity index is 1.49. The molecule has 0 saturated heterocycles. The molecule has 3 rings (SSSR count). The lowest BCUT2D eigenvalue weighted by Crippen LogP contribution is -2.43. The van der Waals surface area contributed by atoms with Crippen LogP contribution in [0.5, 0.6) is 17.2 Å². The number of likely N-dealkylation sites (N-methyl/N-ethyl adjacent to an activating group) is 1. The van der Waals surface area contributed by atoms with Crippen LogP contribution in [0.1, 0.15) is 0 Å². The fourth-order valence-corrected chi connectivity index (χ4v) is 2.33. The average Bonchev–Trinajstić information content (AvgIpc) is 2.60. The van der Waals surface area contributed by atoms with Gasteiger partial charge < -0.3 is 19.1 Å². The summed E-state index contributed by atoms with van der Waals surface area (Å²) in [4.78, 5) is 13.7. The third kappa shape index (κ3) is 3.94. The van der Waals surface area contributed by atoms with Crippen LogP contribution in [0, 0.1) is 0 Å². The number of fused-ring (bicyclic) bond motifs is 1. The van der Waals surface area contributed by atoms with Crippen molar-refractivity contribution in [3.05, 3.63) is 54.6 Å². The van der Waals surface area contributed by atoms with Gasteiger partial charge in [-0.2, -0.15) is 0 Å². The molecule has 0 spiro atoms. The Kier molecular flexibility index (Phi) is 4.66. The van der Waals surface area contributed by atoms with Crippen molar-refractivity contribution in [1.29, 1.82) is 0 Å². The maximum absolute atomic E-state index is 12.1. The number of hydrogen-bond donors (Lipinski definition) is 0. The van der Waals surface area contributed by atoms with Gasteiger partial charge in [0.1, 0.15) is 12.4 Å². The molecule has 2 aromatic carbocycles. The largest absolute Gasteiger partial charge is 0.486 e. The Bertz CT molecular complexity index is 659. The molecule has 0 aromatic heterocycles. The second-order valence-electron chi connectivity index (χ2n) is 5.37. The summed E-state index contributed by atoms with van der Waals surface area (Å²) in [6, 6.07) is 16.8. The van der Waals surface area contributed by atoms with E-state index in [9.17, 15) is 4.79 Å². The van der Waals surface area contributed by atoms with Crippen molar-refractivity contribution in [1.82, 2.24) is 4.90 Å². The smallest absolute Gasteiger partial charge is 0.260 e. The molecule has 1 unspecified atom stereocenters. The first-order chi connectivity index (χ1) is 11.2. The van der Waals surface area contributed by atoms with Gasteiger partial charge in [-0.3, -0.25) is 4.79 Å². The number of ether oxygens (including phenoxy) is 3. The lowest BCUT2D eigenvalue weighted by molar-refractivity contribution is -0.133. The van der Waals surface area contributed by atoms with Gasteiger partial charge in [0.15, 0.2) is 24.2 Å². The standard InChI is InChI=1S/C18H19NO4/c1-19(18(20)13-21-14-7-3-2-4-8-14)11-15-12-22-16-9-5-6-10-17(16)23-15/h2-10,15H,11-13H2,1H3. The van der Waals surface area contributed by atoms with Crippen LogP contribution in [-0.2, 0) is 4.79 Å². The lowest BCUT2D eigenvalue weighted by Gasteiger charge is -2.29. The SMILES string of the molecule is CN(CC1COc2ccccc2O1)C(=O)COc1ccccc1. The summed E-state index contributed by atoms with van der Waals surface area (Å²) in [6.45, 7) is 0.879. The fourth-order valence-electron chi connectivity index (χ4n) is 2.33. The first-order valence-electron chi connectivity index (χ1n) is 7.52. The van der Waals surface area contributed by atoms with Crippen LogP contribution >= 0.6 is 0 Å². The molecule has 1 aliphatic heterocycles. The van der Waals surface area contributed by atoms with E-state index < -0.39 is 0 Å². The maximum Gasteiger partial charge on any atom is 0.260 e. The summed E-state index contributed by atoms with van der Waals surface area (Å²) in [5, 5.41) is 0. The van der Waals surface area contributed by atoms with Crippen LogP contribution in [-0.4, -0.2) is 43.7 Å². The number of hydrogen-bond acceptors (Lipinski definition) is 4. The summed E-state index contributed by atoms with van der Waals surface area (Å²) in [5.74, 6) is 2.03. The van der Waals surface area contributed by atoms with E-state index in [0.717, 1.165) is 5.75 Å². The molecule has 1 atom stereocenters. The average molecular weight is 313 g/mol. The molecular formula is C18H19NO4. The van der Waals surface area contributed by atoms with E-state index in [1.807, 2.05) is 54.6 Å². The Hall–Kier alpha value is -2.69. The summed E-state index contributed by atoms with van der Waals surface area (Å²) in [6.07, 6.45) is -0.185. The van der Waals surface area contributed by atoms with Crippen molar-refractivity contribution < 1.29 is 19.0 Å². The van der Waals surface area contributed by atoms with Crippen molar-refractivity contribution in [3.8, 4) is 17.2 Å². The maximum atomic E-state index is 12.1. The van der Waals surface area contributed by atoms with Gasteiger partial charge in [-0.05, 0) is 24.3 Å². The molecule has 23 heavy (non-hydrogen) atoms. The van der Waals surface area contributed by atoms with Crippen LogP contribution in [0.4, 0.5) is 0 Å². The van der Waals surface area contributed by atoms with Crippen LogP contribution in [0.3, 0.4) is 0 Å². The van der Waals surface area contributed by atoms with Crippen molar-refractivity contribution in [2.24, 2.45) is 0 Å². The third-order valence-electron chi connectivity index (χ3n) is 3.58. The number of carbonyl (C=O) groups excluding carboxylic acids is 1. The van der Waals surface area contributed by atoms with Gasteiger partial charge in [0, 0.05) is 7.05 Å². The molecule has 5 heteroatoms. The van der Waals surface area contributed by atoms with E-state index in [4.69, 9.17) is 14.2 Å². The zero-order chi connectivity index (χ0) is 16.1. The Labute approximate surface area is 135 Å². The van der Waals surface area contributed by atoms with Gasteiger partial charge in [-0.25, -0.2) is 0 Å². The summed E-state index contributed by atoms with van der Waals surface area (Å²) < 4.78 is 17.0. The van der Waals surface area contributed by atoms with Crippen LogP contribution in [0.25, 0.3) is 0 Å². The molecule has 0 aliphatic carbocycles. The molecular weight excluding hydrogens is 294 g/mol. The Morgan fingerprint density at radius 2 is 1.83 bits per heavy atom. The molecule has 0 fully saturated rings. The summed E-state index contributed by atoms with van der Waals surface area (Å²) >= 11 is 0. The molecule has 2 aromatic rings. The number of para-hydroxylation sites is 3. The normalized spacial score (nSPS) is 15.8. The molecule has 120 valence electrons. The summed E-state index contributed by atoms with van der Waals surface area (Å²) in [7, 11) is 1.74. The highest BCUT2D eigenvalue weighted by molar-refractivity contribution is 5.77. The van der Waals surface area contributed by atoms with Crippen LogP contribution in [0.2, 0.25) is 0 Å².